The van der Waals surface area contributed by atoms with Gasteiger partial charge in [-0.25, -0.2) is 0 Å². The molecule has 0 bridgehead atoms. The Morgan fingerprint density at radius 1 is 0.929 bits per heavy atom. The molecule has 0 aromatic heterocycles. The predicted octanol–water partition coefficient (Wildman–Crippen LogP) is 1.64. The van der Waals surface area contributed by atoms with Gasteiger partial charge in [0.1, 0.15) is 0 Å². The fourth-order valence-corrected chi connectivity index (χ4v) is 6.41. The van der Waals surface area contributed by atoms with E-state index in [1.54, 1.807) is 10.4 Å². The molecule has 0 amide bonds. The van der Waals surface area contributed by atoms with E-state index in [9.17, 15) is 0 Å². The maximum atomic E-state index is 2.47. The van der Waals surface area contributed by atoms with E-state index in [4.69, 9.17) is 0 Å². The van der Waals surface area contributed by atoms with Crippen LogP contribution in [-0.4, -0.2) is 17.6 Å². The summed E-state index contributed by atoms with van der Waals surface area (Å²) >= 11 is 0. The van der Waals surface area contributed by atoms with Crippen LogP contribution in [0.2, 0.25) is 26.2 Å². The third-order valence-electron chi connectivity index (χ3n) is 2.80. The molecule has 0 N–H and O–H groups in total. The van der Waals surface area contributed by atoms with Gasteiger partial charge in [0.2, 0.25) is 0 Å². The van der Waals surface area contributed by atoms with Crippen LogP contribution >= 0.6 is 0 Å². The number of hydrogen-bond donors (Lipinski definition) is 0. The third-order valence-corrected chi connectivity index (χ3v) is 6.65. The summed E-state index contributed by atoms with van der Waals surface area (Å²) < 4.78 is 0. The monoisotopic (exact) mass is 222 g/mol. The first kappa shape index (κ1) is 11.7. The van der Waals surface area contributed by atoms with Gasteiger partial charge in [-0.05, 0) is 12.0 Å². The smallest absolute Gasteiger partial charge is 0.0645 e. The Morgan fingerprint density at radius 2 is 1.50 bits per heavy atom. The van der Waals surface area contributed by atoms with Crippen molar-refractivity contribution in [2.24, 2.45) is 0 Å². The van der Waals surface area contributed by atoms with Crippen molar-refractivity contribution in [3.63, 3.8) is 0 Å². The highest BCUT2D eigenvalue weighted by molar-refractivity contribution is 6.82. The highest BCUT2D eigenvalue weighted by atomic mass is 28.3. The second-order valence-corrected chi connectivity index (χ2v) is 10.5. The molecule has 0 aliphatic heterocycles. The average molecular weight is 222 g/mol. The van der Waals surface area contributed by atoms with Crippen LogP contribution in [0.4, 0.5) is 0 Å². The van der Waals surface area contributed by atoms with Crippen molar-refractivity contribution in [1.29, 1.82) is 0 Å². The van der Waals surface area contributed by atoms with Crippen LogP contribution in [0.25, 0.3) is 0 Å². The van der Waals surface area contributed by atoms with Gasteiger partial charge in [-0.15, -0.1) is 0 Å². The van der Waals surface area contributed by atoms with E-state index < -0.39 is 17.6 Å². The van der Waals surface area contributed by atoms with Gasteiger partial charge < -0.3 is 0 Å². The minimum absolute atomic E-state index is 0.621. The zero-order chi connectivity index (χ0) is 10.7. The SMILES string of the molecule is CCc1ccc([SiH](C)C)c([SiH](C)C)c1. The molecule has 0 aliphatic rings. The fraction of sp³-hybridized carbons (Fsp3) is 0.500. The summed E-state index contributed by atoms with van der Waals surface area (Å²) in [4.78, 5) is 0. The van der Waals surface area contributed by atoms with Crippen molar-refractivity contribution < 1.29 is 0 Å². The Kier molecular flexibility index (Phi) is 4.14. The van der Waals surface area contributed by atoms with E-state index in [0.29, 0.717) is 0 Å². The lowest BCUT2D eigenvalue weighted by molar-refractivity contribution is 1.14. The molecule has 2 heteroatoms. The van der Waals surface area contributed by atoms with Crippen LogP contribution in [0.15, 0.2) is 18.2 Å². The van der Waals surface area contributed by atoms with Crippen molar-refractivity contribution in [2.75, 3.05) is 0 Å². The predicted molar refractivity (Wildman–Crippen MR) is 72.8 cm³/mol. The van der Waals surface area contributed by atoms with E-state index in [2.05, 4.69) is 51.3 Å². The minimum atomic E-state index is -0.632. The number of hydrogen-bond acceptors (Lipinski definition) is 0. The Hall–Kier alpha value is -0.346. The van der Waals surface area contributed by atoms with E-state index in [-0.39, 0.29) is 0 Å². The average Bonchev–Trinajstić information content (AvgIpc) is 2.16. The molecular formula is C12H22Si2. The molecule has 14 heavy (non-hydrogen) atoms. The van der Waals surface area contributed by atoms with Crippen LogP contribution in [0, 0.1) is 0 Å². The standard InChI is InChI=1S/C12H22Si2/c1-6-10-7-8-11(13(2)3)12(9-10)14(4)5/h7-9,13-14H,6H2,1-5H3. The Bertz CT molecular complexity index is 303. The zero-order valence-corrected chi connectivity index (χ0v) is 12.4. The first-order valence-electron chi connectivity index (χ1n) is 5.69. The Morgan fingerprint density at radius 3 is 1.93 bits per heavy atom. The zero-order valence-electron chi connectivity index (χ0n) is 10.1. The molecule has 1 aromatic rings. The molecule has 0 atom stereocenters. The molecule has 0 fully saturated rings. The lowest BCUT2D eigenvalue weighted by atomic mass is 10.2. The molecule has 0 aliphatic carbocycles. The molecule has 0 saturated carbocycles. The summed E-state index contributed by atoms with van der Waals surface area (Å²) in [5, 5.41) is 3.44. The maximum Gasteiger partial charge on any atom is 0.0645 e. The van der Waals surface area contributed by atoms with Crippen molar-refractivity contribution in [2.45, 2.75) is 39.5 Å². The summed E-state index contributed by atoms with van der Waals surface area (Å²) in [6.45, 7) is 12.0. The van der Waals surface area contributed by atoms with Gasteiger partial charge in [-0.2, -0.15) is 0 Å². The highest BCUT2D eigenvalue weighted by Crippen LogP contribution is 1.99. The molecule has 0 nitrogen and oxygen atoms in total. The summed E-state index contributed by atoms with van der Waals surface area (Å²) in [5.74, 6) is 0. The van der Waals surface area contributed by atoms with E-state index in [0.717, 1.165) is 0 Å². The molecule has 0 unspecified atom stereocenters. The van der Waals surface area contributed by atoms with Gasteiger partial charge in [0.25, 0.3) is 0 Å². The van der Waals surface area contributed by atoms with E-state index >= 15 is 0 Å². The second kappa shape index (κ2) is 4.94. The Labute approximate surface area is 91.6 Å². The maximum absolute atomic E-state index is 2.47. The van der Waals surface area contributed by atoms with Crippen LogP contribution in [0.1, 0.15) is 12.5 Å². The second-order valence-electron chi connectivity index (χ2n) is 4.63. The lowest BCUT2D eigenvalue weighted by Crippen LogP contribution is -2.44. The summed E-state index contributed by atoms with van der Waals surface area (Å²) in [6.07, 6.45) is 1.17. The molecule has 1 rings (SSSR count). The number of benzene rings is 1. The first-order valence-corrected chi connectivity index (χ1v) is 11.5. The molecule has 0 radical (unpaired) electrons. The summed E-state index contributed by atoms with van der Waals surface area (Å²) in [5.41, 5.74) is 1.51. The quantitative estimate of drug-likeness (QED) is 0.682. The molecule has 0 saturated heterocycles. The molecular weight excluding hydrogens is 200 g/mol. The minimum Gasteiger partial charge on any atom is -0.0682 e. The Balaban J connectivity index is 3.17. The van der Waals surface area contributed by atoms with Gasteiger partial charge >= 0.3 is 0 Å². The largest absolute Gasteiger partial charge is 0.0682 e. The third kappa shape index (κ3) is 2.58. The van der Waals surface area contributed by atoms with Crippen LogP contribution in [0.3, 0.4) is 0 Å². The van der Waals surface area contributed by atoms with Crippen molar-refractivity contribution >= 4 is 28.0 Å². The van der Waals surface area contributed by atoms with Gasteiger partial charge in [-0.3, -0.25) is 0 Å². The van der Waals surface area contributed by atoms with E-state index in [1.807, 2.05) is 0 Å². The van der Waals surface area contributed by atoms with Crippen molar-refractivity contribution in [3.05, 3.63) is 23.8 Å². The molecule has 78 valence electrons. The van der Waals surface area contributed by atoms with Gasteiger partial charge in [0.15, 0.2) is 0 Å². The van der Waals surface area contributed by atoms with Crippen molar-refractivity contribution in [1.82, 2.24) is 0 Å². The normalized spacial score (nSPS) is 11.4. The topological polar surface area (TPSA) is 0 Å². The van der Waals surface area contributed by atoms with Crippen molar-refractivity contribution in [3.8, 4) is 0 Å². The van der Waals surface area contributed by atoms with Gasteiger partial charge in [0, 0.05) is 0 Å². The fourth-order valence-electron chi connectivity index (χ4n) is 1.87. The summed E-state index contributed by atoms with van der Waals surface area (Å²) in [7, 11) is -1.25. The van der Waals surface area contributed by atoms with Gasteiger partial charge in [-0.1, -0.05) is 61.7 Å². The van der Waals surface area contributed by atoms with Crippen LogP contribution in [-0.2, 0) is 6.42 Å². The first-order chi connectivity index (χ1) is 6.56. The van der Waals surface area contributed by atoms with Crippen LogP contribution < -0.4 is 10.4 Å². The van der Waals surface area contributed by atoms with Gasteiger partial charge in [0.05, 0.1) is 17.6 Å². The molecule has 1 aromatic carbocycles. The lowest BCUT2D eigenvalue weighted by Gasteiger charge is -2.15. The highest BCUT2D eigenvalue weighted by Gasteiger charge is 2.11. The summed E-state index contributed by atoms with van der Waals surface area (Å²) in [6, 6.07) is 7.19. The molecule has 0 heterocycles. The van der Waals surface area contributed by atoms with E-state index in [1.165, 1.54) is 12.0 Å². The van der Waals surface area contributed by atoms with Crippen LogP contribution in [0.5, 0.6) is 0 Å². The number of aryl methyl sites for hydroxylation is 1. The number of rotatable bonds is 3. The molecule has 0 spiro atoms.